The number of ketones is 1. The van der Waals surface area contributed by atoms with E-state index in [0.717, 1.165) is 50.2 Å². The van der Waals surface area contributed by atoms with E-state index >= 15 is 0 Å². The Hall–Kier alpha value is -0.670. The highest BCUT2D eigenvalue weighted by molar-refractivity contribution is 5.79. The number of allylic oxidation sites excluding steroid dienone is 1. The number of ether oxygens (including phenoxy) is 2. The lowest BCUT2D eigenvalue weighted by Crippen LogP contribution is -2.52. The van der Waals surface area contributed by atoms with Crippen LogP contribution in [0.2, 0.25) is 0 Å². The van der Waals surface area contributed by atoms with Crippen LogP contribution in [0, 0.1) is 34.5 Å². The Bertz CT molecular complexity index is 646. The second kappa shape index (κ2) is 5.67. The summed E-state index contributed by atoms with van der Waals surface area (Å²) in [6.45, 7) is 8.29. The summed E-state index contributed by atoms with van der Waals surface area (Å²) in [7, 11) is 0. The molecular weight excluding hydrogens is 324 g/mol. The zero-order valence-electron chi connectivity index (χ0n) is 16.7. The zero-order valence-corrected chi connectivity index (χ0v) is 16.7. The van der Waals surface area contributed by atoms with Crippen molar-refractivity contribution < 1.29 is 14.3 Å². The first-order valence-electron chi connectivity index (χ1n) is 10.9. The lowest BCUT2D eigenvalue weighted by molar-refractivity contribution is -0.185. The predicted molar refractivity (Wildman–Crippen MR) is 101 cm³/mol. The van der Waals surface area contributed by atoms with E-state index in [2.05, 4.69) is 19.9 Å². The number of Topliss-reactive ketones (excluding diaryl/α,β-unsaturated/α-hetero) is 1. The Labute approximate surface area is 157 Å². The molecule has 5 aliphatic rings. The Morgan fingerprint density at radius 1 is 1.04 bits per heavy atom. The summed E-state index contributed by atoms with van der Waals surface area (Å²) in [4.78, 5) is 12.3. The van der Waals surface area contributed by atoms with Crippen LogP contribution in [0.4, 0.5) is 0 Å². The summed E-state index contributed by atoms with van der Waals surface area (Å²) < 4.78 is 12.1. The first kappa shape index (κ1) is 17.4. The van der Waals surface area contributed by atoms with Crippen molar-refractivity contribution in [3.8, 4) is 0 Å². The second-order valence-electron chi connectivity index (χ2n) is 10.3. The smallest absolute Gasteiger partial charge is 0.172 e. The number of carbonyl (C=O) groups excluding carboxylic acids is 1. The van der Waals surface area contributed by atoms with Gasteiger partial charge in [-0.15, -0.1) is 0 Å². The van der Waals surface area contributed by atoms with Crippen LogP contribution in [0.1, 0.15) is 72.1 Å². The number of rotatable bonds is 1. The number of fused-ring (bicyclic) bond motifs is 5. The van der Waals surface area contributed by atoms with Crippen molar-refractivity contribution in [2.24, 2.45) is 34.5 Å². The molecule has 26 heavy (non-hydrogen) atoms. The van der Waals surface area contributed by atoms with E-state index in [4.69, 9.17) is 9.47 Å². The van der Waals surface area contributed by atoms with Crippen LogP contribution in [0.3, 0.4) is 0 Å². The first-order chi connectivity index (χ1) is 12.4. The summed E-state index contributed by atoms with van der Waals surface area (Å²) in [6.07, 6.45) is 11.9. The average molecular weight is 359 g/mol. The fourth-order valence-corrected chi connectivity index (χ4v) is 8.02. The van der Waals surface area contributed by atoms with Gasteiger partial charge in [-0.1, -0.05) is 25.5 Å². The monoisotopic (exact) mass is 358 g/mol. The van der Waals surface area contributed by atoms with Gasteiger partial charge in [-0.2, -0.15) is 0 Å². The topological polar surface area (TPSA) is 35.5 Å². The third-order valence-electron chi connectivity index (χ3n) is 9.41. The van der Waals surface area contributed by atoms with Gasteiger partial charge in [0, 0.05) is 18.8 Å². The van der Waals surface area contributed by atoms with Crippen LogP contribution in [-0.2, 0) is 14.3 Å². The Kier molecular flexibility index (Phi) is 3.80. The zero-order chi connectivity index (χ0) is 18.2. The fourth-order valence-electron chi connectivity index (χ4n) is 8.02. The molecule has 6 atom stereocenters. The van der Waals surface area contributed by atoms with Crippen LogP contribution >= 0.6 is 0 Å². The minimum absolute atomic E-state index is 0.252. The van der Waals surface area contributed by atoms with Gasteiger partial charge in [0.2, 0.25) is 0 Å². The molecule has 1 heterocycles. The third kappa shape index (κ3) is 2.22. The van der Waals surface area contributed by atoms with Crippen molar-refractivity contribution in [1.82, 2.24) is 0 Å². The van der Waals surface area contributed by atoms with Crippen LogP contribution in [0.15, 0.2) is 11.6 Å². The maximum Gasteiger partial charge on any atom is 0.172 e. The van der Waals surface area contributed by atoms with Crippen molar-refractivity contribution in [3.05, 3.63) is 11.6 Å². The number of hydrogen-bond acceptors (Lipinski definition) is 3. The SMILES string of the molecule is CC(=O)[C@H]1CC[C@H]2[C@H]3CC=C4CC5(CC[C@]4(C)[C@@H]3CC[C@]12C)OCCO5. The molecular formula is C23H34O3. The Balaban J connectivity index is 1.44. The molecule has 0 aromatic heterocycles. The second-order valence-corrected chi connectivity index (χ2v) is 10.3. The third-order valence-corrected chi connectivity index (χ3v) is 9.41. The Morgan fingerprint density at radius 3 is 2.54 bits per heavy atom. The van der Waals surface area contributed by atoms with Gasteiger partial charge in [0.15, 0.2) is 5.79 Å². The van der Waals surface area contributed by atoms with Gasteiger partial charge in [0.25, 0.3) is 0 Å². The van der Waals surface area contributed by atoms with Gasteiger partial charge in [0.05, 0.1) is 13.2 Å². The van der Waals surface area contributed by atoms with E-state index in [-0.39, 0.29) is 11.2 Å². The molecule has 4 aliphatic carbocycles. The van der Waals surface area contributed by atoms with Gasteiger partial charge in [-0.3, -0.25) is 4.79 Å². The van der Waals surface area contributed by atoms with Gasteiger partial charge < -0.3 is 9.47 Å². The molecule has 3 heteroatoms. The molecule has 1 saturated heterocycles. The van der Waals surface area contributed by atoms with Crippen molar-refractivity contribution in [3.63, 3.8) is 0 Å². The number of hydrogen-bond donors (Lipinski definition) is 0. The molecule has 1 spiro atoms. The number of carbonyl (C=O) groups is 1. The van der Waals surface area contributed by atoms with Crippen molar-refractivity contribution in [2.75, 3.05) is 13.2 Å². The largest absolute Gasteiger partial charge is 0.347 e. The molecule has 0 aromatic carbocycles. The maximum atomic E-state index is 12.3. The average Bonchev–Trinajstić information content (AvgIpc) is 3.20. The lowest BCUT2D eigenvalue weighted by atomic mass is 9.47. The van der Waals surface area contributed by atoms with E-state index < -0.39 is 0 Å². The predicted octanol–water partition coefficient (Wildman–Crippen LogP) is 4.90. The Morgan fingerprint density at radius 2 is 1.81 bits per heavy atom. The molecule has 144 valence electrons. The maximum absolute atomic E-state index is 12.3. The summed E-state index contributed by atoms with van der Waals surface area (Å²) in [6, 6.07) is 0. The van der Waals surface area contributed by atoms with E-state index in [9.17, 15) is 4.79 Å². The van der Waals surface area contributed by atoms with E-state index in [1.165, 1.54) is 32.1 Å². The molecule has 3 nitrogen and oxygen atoms in total. The summed E-state index contributed by atoms with van der Waals surface area (Å²) >= 11 is 0. The minimum Gasteiger partial charge on any atom is -0.347 e. The summed E-state index contributed by atoms with van der Waals surface area (Å²) in [5.74, 6) is 2.72. The molecule has 0 N–H and O–H groups in total. The highest BCUT2D eigenvalue weighted by Gasteiger charge is 2.60. The fraction of sp³-hybridized carbons (Fsp3) is 0.870. The van der Waals surface area contributed by atoms with Crippen molar-refractivity contribution in [2.45, 2.75) is 77.9 Å². The normalized spacial score (nSPS) is 49.3. The van der Waals surface area contributed by atoms with Crippen LogP contribution in [0.5, 0.6) is 0 Å². The van der Waals surface area contributed by atoms with E-state index in [1.54, 1.807) is 5.57 Å². The minimum atomic E-state index is -0.311. The lowest BCUT2D eigenvalue weighted by Gasteiger charge is -2.58. The highest BCUT2D eigenvalue weighted by atomic mass is 16.7. The summed E-state index contributed by atoms with van der Waals surface area (Å²) in [5.41, 5.74) is 2.18. The molecule has 0 bridgehead atoms. The molecule has 0 radical (unpaired) electrons. The van der Waals surface area contributed by atoms with Gasteiger partial charge in [-0.25, -0.2) is 0 Å². The van der Waals surface area contributed by atoms with Gasteiger partial charge in [-0.05, 0) is 74.0 Å². The standard InChI is InChI=1S/C23H34O3/c1-15(24)18-6-7-19-17-5-4-16-14-23(25-12-13-26-23)11-10-21(16,2)20(17)8-9-22(18,19)3/h4,17-20H,5-14H2,1-3H3/t17-,18-,19+,20-,21+,22-/m1/s1. The van der Waals surface area contributed by atoms with Crippen LogP contribution in [-0.4, -0.2) is 24.8 Å². The van der Waals surface area contributed by atoms with E-state index in [1.807, 2.05) is 6.92 Å². The molecule has 0 amide bonds. The van der Waals surface area contributed by atoms with Crippen LogP contribution < -0.4 is 0 Å². The van der Waals surface area contributed by atoms with E-state index in [0.29, 0.717) is 17.1 Å². The first-order valence-corrected chi connectivity index (χ1v) is 10.9. The van der Waals surface area contributed by atoms with Crippen molar-refractivity contribution >= 4 is 5.78 Å². The van der Waals surface area contributed by atoms with Crippen LogP contribution in [0.25, 0.3) is 0 Å². The molecule has 1 aliphatic heterocycles. The quantitative estimate of drug-likeness (QED) is 0.626. The molecule has 0 aromatic rings. The summed E-state index contributed by atoms with van der Waals surface area (Å²) in [5, 5.41) is 0. The molecule has 4 fully saturated rings. The molecule has 3 saturated carbocycles. The molecule has 0 unspecified atom stereocenters. The van der Waals surface area contributed by atoms with Gasteiger partial charge >= 0.3 is 0 Å². The van der Waals surface area contributed by atoms with Gasteiger partial charge in [0.1, 0.15) is 5.78 Å². The highest BCUT2D eigenvalue weighted by Crippen LogP contribution is 2.67. The van der Waals surface area contributed by atoms with Crippen molar-refractivity contribution in [1.29, 1.82) is 0 Å². The molecule has 5 rings (SSSR count).